The third kappa shape index (κ3) is 7.50. The molecule has 1 saturated heterocycles. The fourth-order valence-electron chi connectivity index (χ4n) is 4.93. The van der Waals surface area contributed by atoms with E-state index >= 15 is 0 Å². The average Bonchev–Trinajstić information content (AvgIpc) is 2.95. The summed E-state index contributed by atoms with van der Waals surface area (Å²) < 4.78 is 10.8. The normalized spacial score (nSPS) is 13.6. The van der Waals surface area contributed by atoms with Crippen LogP contribution in [0.5, 0.6) is 5.75 Å². The molecule has 0 N–H and O–H groups in total. The molecule has 1 fully saturated rings. The zero-order chi connectivity index (χ0) is 28.7. The van der Waals surface area contributed by atoms with Crippen LogP contribution in [-0.4, -0.2) is 61.4 Å². The quantitative estimate of drug-likeness (QED) is 0.260. The van der Waals surface area contributed by atoms with Gasteiger partial charge in [-0.2, -0.15) is 0 Å². The summed E-state index contributed by atoms with van der Waals surface area (Å²) in [5, 5.41) is 0. The van der Waals surface area contributed by atoms with Crippen molar-refractivity contribution in [2.24, 2.45) is 0 Å². The molecule has 7 heteroatoms. The Hall–Kier alpha value is -4.13. The Morgan fingerprint density at radius 1 is 0.825 bits per heavy atom. The number of Topliss-reactive ketones (excluding diaryl/α,β-unsaturated/α-hetero) is 1. The van der Waals surface area contributed by atoms with Gasteiger partial charge in [0, 0.05) is 61.4 Å². The zero-order valence-corrected chi connectivity index (χ0v) is 23.8. The summed E-state index contributed by atoms with van der Waals surface area (Å²) in [6.45, 7) is 8.15. The molecular weight excluding hydrogens is 504 g/mol. The highest BCUT2D eigenvalue weighted by atomic mass is 16.6. The summed E-state index contributed by atoms with van der Waals surface area (Å²) in [5.41, 5.74) is 4.05. The molecule has 0 unspecified atom stereocenters. The summed E-state index contributed by atoms with van der Waals surface area (Å²) in [6, 6.07) is 23.7. The van der Waals surface area contributed by atoms with Crippen LogP contribution in [-0.2, 0) is 20.7 Å². The van der Waals surface area contributed by atoms with Crippen LogP contribution in [0.1, 0.15) is 49.5 Å². The Bertz CT molecular complexity index is 1340. The van der Waals surface area contributed by atoms with E-state index in [1.807, 2.05) is 56.0 Å². The molecule has 0 saturated carbocycles. The number of carbonyl (C=O) groups excluding carboxylic acids is 3. The predicted octanol–water partition coefficient (Wildman–Crippen LogP) is 5.56. The number of ether oxygens (including phenoxy) is 2. The fraction of sp³-hybridized carbons (Fsp3) is 0.364. The van der Waals surface area contributed by atoms with Gasteiger partial charge < -0.3 is 19.3 Å². The molecule has 1 aliphatic heterocycles. The van der Waals surface area contributed by atoms with Crippen molar-refractivity contribution in [2.75, 3.05) is 38.2 Å². The second-order valence-corrected chi connectivity index (χ2v) is 11.0. The van der Waals surface area contributed by atoms with Gasteiger partial charge in [-0.25, -0.2) is 0 Å². The zero-order valence-electron chi connectivity index (χ0n) is 23.8. The molecule has 0 aromatic heterocycles. The highest BCUT2D eigenvalue weighted by molar-refractivity contribution is 5.98. The van der Waals surface area contributed by atoms with E-state index in [0.29, 0.717) is 30.0 Å². The second kappa shape index (κ2) is 12.8. The van der Waals surface area contributed by atoms with Crippen molar-refractivity contribution in [3.8, 4) is 16.9 Å². The summed E-state index contributed by atoms with van der Waals surface area (Å²) in [4.78, 5) is 42.3. The van der Waals surface area contributed by atoms with Gasteiger partial charge in [0.15, 0.2) is 5.78 Å². The van der Waals surface area contributed by atoms with Crippen LogP contribution in [0, 0.1) is 0 Å². The summed E-state index contributed by atoms with van der Waals surface area (Å²) in [5.74, 6) is -0.0576. The SMILES string of the molecule is COc1cc(C(=O)CCC(=O)N2CCN(c3ccccc3-c3ccccc3)CC2)ccc1CC(=O)OC(C)(C)C. The number of para-hydroxylation sites is 1. The molecule has 210 valence electrons. The first-order chi connectivity index (χ1) is 19.1. The number of anilines is 1. The second-order valence-electron chi connectivity index (χ2n) is 11.0. The Labute approximate surface area is 236 Å². The van der Waals surface area contributed by atoms with Gasteiger partial charge >= 0.3 is 5.97 Å². The molecule has 1 heterocycles. The number of benzene rings is 3. The first kappa shape index (κ1) is 28.9. The Balaban J connectivity index is 1.31. The molecule has 3 aromatic rings. The van der Waals surface area contributed by atoms with Gasteiger partial charge in [-0.05, 0) is 38.5 Å². The molecule has 0 bridgehead atoms. The number of methoxy groups -OCH3 is 1. The van der Waals surface area contributed by atoms with E-state index in [4.69, 9.17) is 9.47 Å². The maximum atomic E-state index is 13.0. The van der Waals surface area contributed by atoms with Crippen molar-refractivity contribution in [1.82, 2.24) is 4.90 Å². The number of esters is 1. The van der Waals surface area contributed by atoms with Crippen LogP contribution in [0.2, 0.25) is 0 Å². The Morgan fingerprint density at radius 2 is 1.50 bits per heavy atom. The Morgan fingerprint density at radius 3 is 2.17 bits per heavy atom. The average molecular weight is 543 g/mol. The lowest BCUT2D eigenvalue weighted by Gasteiger charge is -2.37. The minimum absolute atomic E-state index is 0.0159. The molecule has 0 spiro atoms. The van der Waals surface area contributed by atoms with E-state index in [0.717, 1.165) is 13.1 Å². The predicted molar refractivity (Wildman–Crippen MR) is 157 cm³/mol. The highest BCUT2D eigenvalue weighted by Crippen LogP contribution is 2.31. The molecular formula is C33H38N2O5. The monoisotopic (exact) mass is 542 g/mol. The standard InChI is InChI=1S/C33H38N2O5/c1-33(2,3)40-32(38)23-26-15-14-25(22-30(26)39-4)29(36)16-17-31(37)35-20-18-34(19-21-35)28-13-9-8-12-27(28)24-10-6-5-7-11-24/h5-15,22H,16-21,23H2,1-4H3. The molecule has 3 aromatic carbocycles. The lowest BCUT2D eigenvalue weighted by Crippen LogP contribution is -2.49. The number of hydrogen-bond donors (Lipinski definition) is 0. The fourth-order valence-corrected chi connectivity index (χ4v) is 4.93. The molecule has 40 heavy (non-hydrogen) atoms. The topological polar surface area (TPSA) is 76.2 Å². The van der Waals surface area contributed by atoms with Crippen molar-refractivity contribution in [3.63, 3.8) is 0 Å². The molecule has 0 aliphatic carbocycles. The van der Waals surface area contributed by atoms with Gasteiger partial charge in [0.25, 0.3) is 0 Å². The van der Waals surface area contributed by atoms with Crippen molar-refractivity contribution < 1.29 is 23.9 Å². The van der Waals surface area contributed by atoms with E-state index in [1.54, 1.807) is 18.2 Å². The summed E-state index contributed by atoms with van der Waals surface area (Å²) in [7, 11) is 1.50. The third-order valence-electron chi connectivity index (χ3n) is 6.89. The van der Waals surface area contributed by atoms with Gasteiger partial charge in [-0.1, -0.05) is 60.7 Å². The number of amides is 1. The molecule has 0 radical (unpaired) electrons. The molecule has 1 amide bonds. The number of carbonyl (C=O) groups is 3. The molecule has 4 rings (SSSR count). The van der Waals surface area contributed by atoms with E-state index in [9.17, 15) is 14.4 Å². The van der Waals surface area contributed by atoms with E-state index in [1.165, 1.54) is 23.9 Å². The largest absolute Gasteiger partial charge is 0.496 e. The maximum absolute atomic E-state index is 13.0. The first-order valence-corrected chi connectivity index (χ1v) is 13.7. The van der Waals surface area contributed by atoms with Gasteiger partial charge in [0.2, 0.25) is 5.91 Å². The summed E-state index contributed by atoms with van der Waals surface area (Å²) in [6.07, 6.45) is 0.321. The van der Waals surface area contributed by atoms with Gasteiger partial charge in [0.1, 0.15) is 11.4 Å². The first-order valence-electron chi connectivity index (χ1n) is 13.7. The van der Waals surface area contributed by atoms with E-state index in [2.05, 4.69) is 29.2 Å². The van der Waals surface area contributed by atoms with Crippen LogP contribution in [0.4, 0.5) is 5.69 Å². The minimum atomic E-state index is -0.577. The maximum Gasteiger partial charge on any atom is 0.310 e. The van der Waals surface area contributed by atoms with Crippen molar-refractivity contribution in [1.29, 1.82) is 0 Å². The van der Waals surface area contributed by atoms with Crippen LogP contribution in [0.3, 0.4) is 0 Å². The van der Waals surface area contributed by atoms with Crippen molar-refractivity contribution >= 4 is 23.3 Å². The van der Waals surface area contributed by atoms with Gasteiger partial charge in [-0.15, -0.1) is 0 Å². The molecule has 7 nitrogen and oxygen atoms in total. The van der Waals surface area contributed by atoms with Crippen LogP contribution < -0.4 is 9.64 Å². The molecule has 1 aliphatic rings. The van der Waals surface area contributed by atoms with Crippen molar-refractivity contribution in [3.05, 3.63) is 83.9 Å². The highest BCUT2D eigenvalue weighted by Gasteiger charge is 2.24. The number of nitrogens with zero attached hydrogens (tertiary/aromatic N) is 2. The number of ketones is 1. The van der Waals surface area contributed by atoms with E-state index < -0.39 is 5.60 Å². The number of hydrogen-bond acceptors (Lipinski definition) is 6. The van der Waals surface area contributed by atoms with Crippen LogP contribution in [0.25, 0.3) is 11.1 Å². The summed E-state index contributed by atoms with van der Waals surface area (Å²) >= 11 is 0. The Kier molecular flexibility index (Phi) is 9.25. The van der Waals surface area contributed by atoms with E-state index in [-0.39, 0.29) is 36.9 Å². The number of rotatable bonds is 9. The van der Waals surface area contributed by atoms with Crippen LogP contribution in [0.15, 0.2) is 72.8 Å². The van der Waals surface area contributed by atoms with Crippen LogP contribution >= 0.6 is 0 Å². The lowest BCUT2D eigenvalue weighted by molar-refractivity contribution is -0.154. The lowest BCUT2D eigenvalue weighted by atomic mass is 10.0. The smallest absolute Gasteiger partial charge is 0.310 e. The van der Waals surface area contributed by atoms with Gasteiger partial charge in [0.05, 0.1) is 13.5 Å². The number of piperazine rings is 1. The van der Waals surface area contributed by atoms with Crippen molar-refractivity contribution in [2.45, 2.75) is 45.6 Å². The minimum Gasteiger partial charge on any atom is -0.496 e. The molecule has 0 atom stereocenters. The third-order valence-corrected chi connectivity index (χ3v) is 6.89. The van der Waals surface area contributed by atoms with Gasteiger partial charge in [-0.3, -0.25) is 14.4 Å².